The first-order valence-corrected chi connectivity index (χ1v) is 13.4. The molecule has 0 amide bonds. The lowest BCUT2D eigenvalue weighted by Gasteiger charge is -2.36. The largest absolute Gasteiger partial charge is 0.401 e. The Kier molecular flexibility index (Phi) is 5.25. The van der Waals surface area contributed by atoms with Crippen molar-refractivity contribution < 1.29 is 4.43 Å². The lowest BCUT2D eigenvalue weighted by atomic mass is 10.3. The van der Waals surface area contributed by atoms with E-state index in [9.17, 15) is 0 Å². The standard InChI is InChI=1S/C11H25ClN2OSi2/c1-6-7-17(5,12)15-9-11-8-13-10-14(11)16(2,3)4/h10-11H,6-9H2,1-5H3. The van der Waals surface area contributed by atoms with Gasteiger partial charge in [0.05, 0.1) is 25.5 Å². The van der Waals surface area contributed by atoms with Gasteiger partial charge in [-0.1, -0.05) is 33.0 Å². The predicted octanol–water partition coefficient (Wildman–Crippen LogP) is 3.27. The number of rotatable bonds is 6. The highest BCUT2D eigenvalue weighted by Gasteiger charge is 2.34. The Labute approximate surface area is 112 Å². The van der Waals surface area contributed by atoms with Crippen molar-refractivity contribution in [1.29, 1.82) is 0 Å². The Morgan fingerprint density at radius 1 is 1.41 bits per heavy atom. The summed E-state index contributed by atoms with van der Waals surface area (Å²) in [5.74, 6) is 0. The van der Waals surface area contributed by atoms with Gasteiger partial charge in [0.25, 0.3) is 7.63 Å². The summed E-state index contributed by atoms with van der Waals surface area (Å²) >= 11 is 6.45. The molecule has 1 heterocycles. The van der Waals surface area contributed by atoms with Crippen LogP contribution in [0.15, 0.2) is 4.99 Å². The molecule has 0 aliphatic carbocycles. The number of halogens is 1. The number of nitrogens with zero attached hydrogens (tertiary/aromatic N) is 2. The molecule has 1 rings (SSSR count). The second-order valence-corrected chi connectivity index (χ2v) is 16.1. The smallest absolute Gasteiger partial charge is 0.287 e. The van der Waals surface area contributed by atoms with E-state index in [1.54, 1.807) is 0 Å². The summed E-state index contributed by atoms with van der Waals surface area (Å²) in [6, 6.07) is 1.43. The van der Waals surface area contributed by atoms with Gasteiger partial charge in [-0.2, -0.15) is 0 Å². The first-order chi connectivity index (χ1) is 7.76. The maximum Gasteiger partial charge on any atom is 0.287 e. The molecule has 100 valence electrons. The SMILES string of the molecule is CCC[Si](C)(Cl)OCC1CN=CN1[Si](C)(C)C. The van der Waals surface area contributed by atoms with Crippen LogP contribution in [0.1, 0.15) is 13.3 Å². The van der Waals surface area contributed by atoms with Crippen LogP contribution in [0.3, 0.4) is 0 Å². The van der Waals surface area contributed by atoms with Gasteiger partial charge in [-0.3, -0.25) is 4.99 Å². The zero-order chi connectivity index (χ0) is 13.1. The van der Waals surface area contributed by atoms with E-state index in [-0.39, 0.29) is 0 Å². The summed E-state index contributed by atoms with van der Waals surface area (Å²) in [4.78, 5) is 4.39. The third kappa shape index (κ3) is 4.73. The molecule has 6 heteroatoms. The van der Waals surface area contributed by atoms with Gasteiger partial charge >= 0.3 is 0 Å². The third-order valence-corrected chi connectivity index (χ3v) is 8.05. The normalized spacial score (nSPS) is 24.1. The lowest BCUT2D eigenvalue weighted by molar-refractivity contribution is 0.250. The topological polar surface area (TPSA) is 24.8 Å². The molecule has 0 radical (unpaired) electrons. The molecule has 0 aromatic rings. The van der Waals surface area contributed by atoms with Crippen molar-refractivity contribution in [3.05, 3.63) is 0 Å². The molecule has 0 saturated heterocycles. The maximum absolute atomic E-state index is 6.45. The van der Waals surface area contributed by atoms with Crippen LogP contribution in [0.4, 0.5) is 0 Å². The van der Waals surface area contributed by atoms with Gasteiger partial charge in [0, 0.05) is 0 Å². The molecular formula is C11H25ClN2OSi2. The van der Waals surface area contributed by atoms with E-state index in [0.29, 0.717) is 6.04 Å². The van der Waals surface area contributed by atoms with Crippen molar-refractivity contribution >= 4 is 33.3 Å². The van der Waals surface area contributed by atoms with Gasteiger partial charge in [-0.25, -0.2) is 0 Å². The minimum atomic E-state index is -1.95. The summed E-state index contributed by atoms with van der Waals surface area (Å²) in [7, 11) is -3.28. The molecule has 0 aromatic carbocycles. The van der Waals surface area contributed by atoms with Gasteiger partial charge in [0.15, 0.2) is 0 Å². The Morgan fingerprint density at radius 3 is 2.59 bits per heavy atom. The van der Waals surface area contributed by atoms with E-state index in [0.717, 1.165) is 25.6 Å². The summed E-state index contributed by atoms with van der Waals surface area (Å²) in [6.07, 6.45) is 3.11. The van der Waals surface area contributed by atoms with Crippen molar-refractivity contribution in [1.82, 2.24) is 4.57 Å². The minimum absolute atomic E-state index is 0.407. The fourth-order valence-electron chi connectivity index (χ4n) is 2.08. The molecule has 1 aliphatic rings. The molecule has 17 heavy (non-hydrogen) atoms. The molecule has 0 fully saturated rings. The van der Waals surface area contributed by atoms with Crippen molar-refractivity contribution in [2.75, 3.05) is 13.2 Å². The molecule has 0 bridgehead atoms. The zero-order valence-corrected chi connectivity index (χ0v) is 14.4. The molecule has 0 spiro atoms. The molecule has 0 aromatic heterocycles. The van der Waals surface area contributed by atoms with Gasteiger partial charge < -0.3 is 8.99 Å². The predicted molar refractivity (Wildman–Crippen MR) is 80.9 cm³/mol. The fourth-order valence-corrected chi connectivity index (χ4v) is 6.09. The first-order valence-electron chi connectivity index (χ1n) is 6.37. The highest BCUT2D eigenvalue weighted by Crippen LogP contribution is 2.22. The van der Waals surface area contributed by atoms with E-state index in [1.165, 1.54) is 0 Å². The van der Waals surface area contributed by atoms with E-state index in [4.69, 9.17) is 15.5 Å². The third-order valence-electron chi connectivity index (χ3n) is 2.96. The van der Waals surface area contributed by atoms with Crippen LogP contribution in [0.2, 0.25) is 32.2 Å². The summed E-state index contributed by atoms with van der Waals surface area (Å²) in [6.45, 7) is 12.8. The Balaban J connectivity index is 2.47. The molecule has 1 aliphatic heterocycles. The fraction of sp³-hybridized carbons (Fsp3) is 0.909. The molecule has 0 N–H and O–H groups in total. The van der Waals surface area contributed by atoms with Crippen molar-refractivity contribution in [3.63, 3.8) is 0 Å². The van der Waals surface area contributed by atoms with E-state index in [2.05, 4.69) is 42.7 Å². The second-order valence-electron chi connectivity index (χ2n) is 5.88. The minimum Gasteiger partial charge on any atom is -0.401 e. The van der Waals surface area contributed by atoms with Gasteiger partial charge in [-0.05, 0) is 12.6 Å². The van der Waals surface area contributed by atoms with E-state index >= 15 is 0 Å². The van der Waals surface area contributed by atoms with Gasteiger partial charge in [-0.15, -0.1) is 11.1 Å². The Bertz CT molecular complexity index is 279. The Hall–Kier alpha value is 0.154. The van der Waals surface area contributed by atoms with Crippen LogP contribution in [-0.4, -0.2) is 46.0 Å². The maximum atomic E-state index is 6.45. The van der Waals surface area contributed by atoms with E-state index < -0.39 is 15.9 Å². The first kappa shape index (κ1) is 15.2. The van der Waals surface area contributed by atoms with Crippen LogP contribution >= 0.6 is 11.1 Å². The van der Waals surface area contributed by atoms with Crippen LogP contribution in [-0.2, 0) is 4.43 Å². The van der Waals surface area contributed by atoms with Gasteiger partial charge in [0.2, 0.25) is 0 Å². The highest BCUT2D eigenvalue weighted by atomic mass is 35.6. The summed E-state index contributed by atoms with van der Waals surface area (Å²) < 4.78 is 8.40. The molecule has 3 nitrogen and oxygen atoms in total. The van der Waals surface area contributed by atoms with Crippen LogP contribution in [0.25, 0.3) is 0 Å². The number of aliphatic imine (C=N–C) groups is 1. The molecule has 2 unspecified atom stereocenters. The molecule has 0 saturated carbocycles. The van der Waals surface area contributed by atoms with Crippen LogP contribution in [0, 0.1) is 0 Å². The summed E-state index contributed by atoms with van der Waals surface area (Å²) in [5.41, 5.74) is 0. The van der Waals surface area contributed by atoms with Crippen molar-refractivity contribution in [3.8, 4) is 0 Å². The zero-order valence-electron chi connectivity index (χ0n) is 11.7. The average molecular weight is 293 g/mol. The second kappa shape index (κ2) is 5.86. The molecular weight excluding hydrogens is 268 g/mol. The van der Waals surface area contributed by atoms with Crippen LogP contribution in [0.5, 0.6) is 0 Å². The monoisotopic (exact) mass is 292 g/mol. The quantitative estimate of drug-likeness (QED) is 0.554. The van der Waals surface area contributed by atoms with Crippen LogP contribution < -0.4 is 0 Å². The van der Waals surface area contributed by atoms with E-state index in [1.807, 2.05) is 6.34 Å². The molecule has 2 atom stereocenters. The van der Waals surface area contributed by atoms with Gasteiger partial charge in [0.1, 0.15) is 8.24 Å². The number of hydrogen-bond donors (Lipinski definition) is 0. The highest BCUT2D eigenvalue weighted by molar-refractivity contribution is 7.16. The Morgan fingerprint density at radius 2 is 2.06 bits per heavy atom. The number of hydrogen-bond acceptors (Lipinski definition) is 3. The summed E-state index contributed by atoms with van der Waals surface area (Å²) in [5, 5.41) is 0. The van der Waals surface area contributed by atoms with Crippen molar-refractivity contribution in [2.45, 2.75) is 51.6 Å². The lowest BCUT2D eigenvalue weighted by Crippen LogP contribution is -2.52. The average Bonchev–Trinajstić information content (AvgIpc) is 2.61. The van der Waals surface area contributed by atoms with Crippen molar-refractivity contribution in [2.24, 2.45) is 4.99 Å².